The minimum Gasteiger partial charge on any atom is -0.464 e. The number of amides is 1. The number of nitrogens with one attached hydrogen (secondary N) is 1. The Balaban J connectivity index is 4.30. The predicted octanol–water partition coefficient (Wildman–Crippen LogP) is 2.66. The molecular weight excluding hydrogens is 246 g/mol. The molecule has 5 heteroatoms. The summed E-state index contributed by atoms with van der Waals surface area (Å²) in [7, 11) is 0. The molecule has 0 aromatic heterocycles. The number of esters is 1. The summed E-state index contributed by atoms with van der Waals surface area (Å²) in [4.78, 5) is 23.3. The van der Waals surface area contributed by atoms with Crippen LogP contribution in [0.25, 0.3) is 0 Å². The van der Waals surface area contributed by atoms with Crippen LogP contribution < -0.4 is 5.32 Å². The Morgan fingerprint density at radius 2 is 2.00 bits per heavy atom. The molecule has 0 aliphatic rings. The first-order valence-corrected chi connectivity index (χ1v) is 6.72. The van der Waals surface area contributed by atoms with E-state index in [1.165, 1.54) is 6.08 Å². The van der Waals surface area contributed by atoms with Crippen molar-refractivity contribution >= 4 is 12.1 Å². The van der Waals surface area contributed by atoms with E-state index in [2.05, 4.69) is 11.9 Å². The first-order valence-electron chi connectivity index (χ1n) is 6.72. The van der Waals surface area contributed by atoms with Crippen molar-refractivity contribution in [2.45, 2.75) is 46.1 Å². The zero-order valence-electron chi connectivity index (χ0n) is 12.1. The van der Waals surface area contributed by atoms with E-state index in [9.17, 15) is 9.59 Å². The number of carbonyl (C=O) groups is 2. The van der Waals surface area contributed by atoms with Crippen LogP contribution in [0.2, 0.25) is 0 Å². The number of unbranched alkanes of at least 4 members (excludes halogenated alkanes) is 1. The molecular formula is C14H25NO4. The van der Waals surface area contributed by atoms with Gasteiger partial charge in [-0.15, -0.1) is 0 Å². The van der Waals surface area contributed by atoms with Crippen LogP contribution in [-0.2, 0) is 14.3 Å². The van der Waals surface area contributed by atoms with Gasteiger partial charge in [0.05, 0.1) is 6.61 Å². The molecule has 0 aromatic carbocycles. The normalized spacial score (nSPS) is 11.8. The highest BCUT2D eigenvalue weighted by molar-refractivity contribution is 5.81. The minimum atomic E-state index is -0.643. The average Bonchev–Trinajstić information content (AvgIpc) is 2.38. The molecule has 0 radical (unpaired) electrons. The maximum atomic E-state index is 11.9. The topological polar surface area (TPSA) is 64.6 Å². The van der Waals surface area contributed by atoms with E-state index in [0.717, 1.165) is 12.8 Å². The minimum absolute atomic E-state index is 0.118. The monoisotopic (exact) mass is 271 g/mol. The summed E-state index contributed by atoms with van der Waals surface area (Å²) in [6.07, 6.45) is 3.18. The molecule has 0 aromatic rings. The smallest absolute Gasteiger partial charge is 0.408 e. The molecule has 19 heavy (non-hydrogen) atoms. The predicted molar refractivity (Wildman–Crippen MR) is 73.8 cm³/mol. The van der Waals surface area contributed by atoms with E-state index >= 15 is 0 Å². The molecule has 1 atom stereocenters. The Bertz CT molecular complexity index is 289. The van der Waals surface area contributed by atoms with Crippen molar-refractivity contribution in [1.29, 1.82) is 0 Å². The van der Waals surface area contributed by atoms with E-state index in [0.29, 0.717) is 13.0 Å². The summed E-state index contributed by atoms with van der Waals surface area (Å²) >= 11 is 0. The van der Waals surface area contributed by atoms with Gasteiger partial charge in [0, 0.05) is 0 Å². The number of carbonyl (C=O) groups excluding carboxylic acids is 2. The fourth-order valence-electron chi connectivity index (χ4n) is 1.33. The highest BCUT2D eigenvalue weighted by Crippen LogP contribution is 2.05. The number of hydrogen-bond acceptors (Lipinski definition) is 4. The number of hydrogen-bond donors (Lipinski definition) is 1. The van der Waals surface area contributed by atoms with Crippen molar-refractivity contribution in [3.63, 3.8) is 0 Å². The van der Waals surface area contributed by atoms with Crippen LogP contribution in [-0.4, -0.2) is 31.3 Å². The molecule has 0 aliphatic carbocycles. The van der Waals surface area contributed by atoms with Gasteiger partial charge < -0.3 is 14.8 Å². The van der Waals surface area contributed by atoms with Gasteiger partial charge in [0.25, 0.3) is 0 Å². The van der Waals surface area contributed by atoms with Gasteiger partial charge >= 0.3 is 12.1 Å². The van der Waals surface area contributed by atoms with Gasteiger partial charge in [-0.1, -0.05) is 46.3 Å². The second kappa shape index (κ2) is 10.4. The van der Waals surface area contributed by atoms with E-state index in [1.54, 1.807) is 0 Å². The Morgan fingerprint density at radius 3 is 2.53 bits per heavy atom. The van der Waals surface area contributed by atoms with Crippen LogP contribution >= 0.6 is 0 Å². The lowest BCUT2D eigenvalue weighted by molar-refractivity contribution is -0.147. The van der Waals surface area contributed by atoms with Gasteiger partial charge in [-0.3, -0.25) is 0 Å². The van der Waals surface area contributed by atoms with Gasteiger partial charge in [-0.25, -0.2) is 9.59 Å². The fourth-order valence-corrected chi connectivity index (χ4v) is 1.33. The SMILES string of the molecule is C=CCOC(=O)NC(CCCC)C(=O)OCC(C)C. The molecule has 1 N–H and O–H groups in total. The lowest BCUT2D eigenvalue weighted by Crippen LogP contribution is -2.42. The largest absolute Gasteiger partial charge is 0.464 e. The molecule has 0 saturated carbocycles. The van der Waals surface area contributed by atoms with E-state index in [1.807, 2.05) is 20.8 Å². The quantitative estimate of drug-likeness (QED) is 0.517. The van der Waals surface area contributed by atoms with Crippen molar-refractivity contribution < 1.29 is 19.1 Å². The summed E-state index contributed by atoms with van der Waals surface area (Å²) in [5, 5.41) is 2.53. The van der Waals surface area contributed by atoms with Gasteiger partial charge in [0.1, 0.15) is 12.6 Å². The first kappa shape index (κ1) is 17.5. The summed E-state index contributed by atoms with van der Waals surface area (Å²) in [5.74, 6) is -0.138. The molecule has 0 fully saturated rings. The molecule has 5 nitrogen and oxygen atoms in total. The van der Waals surface area contributed by atoms with Crippen LogP contribution in [0.3, 0.4) is 0 Å². The number of rotatable bonds is 9. The third-order valence-electron chi connectivity index (χ3n) is 2.31. The van der Waals surface area contributed by atoms with Gasteiger partial charge in [-0.2, -0.15) is 0 Å². The molecule has 0 bridgehead atoms. The highest BCUT2D eigenvalue weighted by atomic mass is 16.6. The Hall–Kier alpha value is -1.52. The summed E-state index contributed by atoms with van der Waals surface area (Å²) in [6.45, 7) is 9.86. The molecule has 0 saturated heterocycles. The average molecular weight is 271 g/mol. The fraction of sp³-hybridized carbons (Fsp3) is 0.714. The molecule has 0 rings (SSSR count). The summed E-state index contributed by atoms with van der Waals surface area (Å²) < 4.78 is 9.94. The molecule has 1 amide bonds. The zero-order valence-corrected chi connectivity index (χ0v) is 12.1. The van der Waals surface area contributed by atoms with Crippen LogP contribution in [0, 0.1) is 5.92 Å². The maximum absolute atomic E-state index is 11.9. The molecule has 0 aliphatic heterocycles. The lowest BCUT2D eigenvalue weighted by atomic mass is 10.1. The first-order chi connectivity index (χ1) is 9.01. The van der Waals surface area contributed by atoms with Crippen molar-refractivity contribution in [3.8, 4) is 0 Å². The zero-order chi connectivity index (χ0) is 14.7. The standard InChI is InChI=1S/C14H25NO4/c1-5-7-8-12(13(16)19-10-11(3)4)15-14(17)18-9-6-2/h6,11-12H,2,5,7-10H2,1,3-4H3,(H,15,17). The van der Waals surface area contributed by atoms with Crippen LogP contribution in [0.4, 0.5) is 4.79 Å². The molecule has 1 unspecified atom stereocenters. The third-order valence-corrected chi connectivity index (χ3v) is 2.31. The van der Waals surface area contributed by atoms with E-state index < -0.39 is 18.1 Å². The Kier molecular flexibility index (Phi) is 9.57. The second-order valence-corrected chi connectivity index (χ2v) is 4.75. The summed E-state index contributed by atoms with van der Waals surface area (Å²) in [6, 6.07) is -0.643. The van der Waals surface area contributed by atoms with Crippen molar-refractivity contribution in [2.24, 2.45) is 5.92 Å². The lowest BCUT2D eigenvalue weighted by Gasteiger charge is -2.17. The Labute approximate surface area is 115 Å². The molecule has 0 spiro atoms. The third kappa shape index (κ3) is 9.11. The molecule has 0 heterocycles. The summed E-state index contributed by atoms with van der Waals surface area (Å²) in [5.41, 5.74) is 0. The van der Waals surface area contributed by atoms with Crippen LogP contribution in [0.1, 0.15) is 40.0 Å². The van der Waals surface area contributed by atoms with Gasteiger partial charge in [0.2, 0.25) is 0 Å². The van der Waals surface area contributed by atoms with Gasteiger partial charge in [-0.05, 0) is 12.3 Å². The molecule has 110 valence electrons. The van der Waals surface area contributed by atoms with Crippen LogP contribution in [0.5, 0.6) is 0 Å². The number of alkyl carbamates (subject to hydrolysis) is 1. The number of ether oxygens (including phenoxy) is 2. The van der Waals surface area contributed by atoms with Crippen molar-refractivity contribution in [2.75, 3.05) is 13.2 Å². The van der Waals surface area contributed by atoms with E-state index in [4.69, 9.17) is 9.47 Å². The maximum Gasteiger partial charge on any atom is 0.408 e. The van der Waals surface area contributed by atoms with Gasteiger partial charge in [0.15, 0.2) is 0 Å². The second-order valence-electron chi connectivity index (χ2n) is 4.75. The Morgan fingerprint density at radius 1 is 1.32 bits per heavy atom. The highest BCUT2D eigenvalue weighted by Gasteiger charge is 2.22. The van der Waals surface area contributed by atoms with Crippen molar-refractivity contribution in [3.05, 3.63) is 12.7 Å². The van der Waals surface area contributed by atoms with Crippen LogP contribution in [0.15, 0.2) is 12.7 Å². The van der Waals surface area contributed by atoms with Crippen molar-refractivity contribution in [1.82, 2.24) is 5.32 Å². The van der Waals surface area contributed by atoms with E-state index in [-0.39, 0.29) is 12.5 Å².